The molecule has 1 aromatic carbocycles. The van der Waals surface area contributed by atoms with E-state index in [4.69, 9.17) is 27.9 Å². The molecular weight excluding hydrogens is 307 g/mol. The lowest BCUT2D eigenvalue weighted by Gasteiger charge is -2.18. The molecule has 108 valence electrons. The summed E-state index contributed by atoms with van der Waals surface area (Å²) in [5.41, 5.74) is 0. The Kier molecular flexibility index (Phi) is 4.69. The average Bonchev–Trinajstić information content (AvgIpc) is 2.70. The number of aliphatic hydroxyl groups excluding tert-OH is 1. The number of benzene rings is 1. The molecule has 1 aromatic rings. The first-order valence-electron chi connectivity index (χ1n) is 5.82. The van der Waals surface area contributed by atoms with Crippen molar-refractivity contribution in [2.75, 3.05) is 19.7 Å². The van der Waals surface area contributed by atoms with Crippen molar-refractivity contribution in [2.45, 2.75) is 6.10 Å². The van der Waals surface area contributed by atoms with Crippen LogP contribution in [0.1, 0.15) is 0 Å². The number of nitrogens with zero attached hydrogens (tertiary/aromatic N) is 1. The van der Waals surface area contributed by atoms with E-state index < -0.39 is 12.1 Å². The highest BCUT2D eigenvalue weighted by molar-refractivity contribution is 6.37. The van der Waals surface area contributed by atoms with Crippen molar-refractivity contribution in [3.8, 4) is 5.75 Å². The Balaban J connectivity index is 1.91. The summed E-state index contributed by atoms with van der Waals surface area (Å²) in [5, 5.41) is 12.8. The molecule has 0 aliphatic carbocycles. The first-order chi connectivity index (χ1) is 9.49. The number of halogens is 2. The van der Waals surface area contributed by atoms with Crippen LogP contribution in [0.25, 0.3) is 0 Å². The highest BCUT2D eigenvalue weighted by atomic mass is 35.5. The Morgan fingerprint density at radius 1 is 1.35 bits per heavy atom. The summed E-state index contributed by atoms with van der Waals surface area (Å²) in [6.45, 7) is -0.337. The Morgan fingerprint density at radius 3 is 2.55 bits per heavy atom. The number of β-amino-alcohol motifs (C(OH)–C–C–N with tert-alkyl or cyclic N) is 1. The zero-order valence-corrected chi connectivity index (χ0v) is 11.8. The molecule has 0 aromatic heterocycles. The zero-order valence-electron chi connectivity index (χ0n) is 10.3. The highest BCUT2D eigenvalue weighted by Crippen LogP contribution is 2.32. The number of ether oxygens (including phenoxy) is 1. The molecule has 0 radical (unpaired) electrons. The van der Waals surface area contributed by atoms with Crippen molar-refractivity contribution in [1.29, 1.82) is 0 Å². The quantitative estimate of drug-likeness (QED) is 0.802. The van der Waals surface area contributed by atoms with Gasteiger partial charge in [-0.3, -0.25) is 9.69 Å². The van der Waals surface area contributed by atoms with Crippen LogP contribution in [0.5, 0.6) is 5.75 Å². The van der Waals surface area contributed by atoms with E-state index in [0.717, 1.165) is 4.90 Å². The molecule has 1 fully saturated rings. The van der Waals surface area contributed by atoms with Gasteiger partial charge in [0.1, 0.15) is 12.7 Å². The van der Waals surface area contributed by atoms with Crippen LogP contribution in [0.4, 0.5) is 4.79 Å². The fourth-order valence-electron chi connectivity index (χ4n) is 1.70. The summed E-state index contributed by atoms with van der Waals surface area (Å²) in [4.78, 5) is 23.6. The third-order valence-electron chi connectivity index (χ3n) is 2.67. The molecular formula is C12H12Cl2N2O4. The smallest absolute Gasteiger partial charge is 0.324 e. The maximum Gasteiger partial charge on any atom is 0.324 e. The lowest BCUT2D eigenvalue weighted by molar-refractivity contribution is -0.126. The monoisotopic (exact) mass is 318 g/mol. The predicted molar refractivity (Wildman–Crippen MR) is 73.1 cm³/mol. The van der Waals surface area contributed by atoms with Crippen LogP contribution in [0.15, 0.2) is 18.2 Å². The van der Waals surface area contributed by atoms with Gasteiger partial charge in [0.2, 0.25) is 5.91 Å². The van der Waals surface area contributed by atoms with Crippen LogP contribution in [0, 0.1) is 0 Å². The number of urea groups is 1. The van der Waals surface area contributed by atoms with Gasteiger partial charge in [-0.25, -0.2) is 4.79 Å². The van der Waals surface area contributed by atoms with Gasteiger partial charge in [0.05, 0.1) is 23.1 Å². The molecule has 1 aliphatic heterocycles. The van der Waals surface area contributed by atoms with Crippen LogP contribution in [0.2, 0.25) is 10.0 Å². The topological polar surface area (TPSA) is 78.9 Å². The number of carbonyl (C=O) groups is 2. The number of rotatable bonds is 5. The van der Waals surface area contributed by atoms with Gasteiger partial charge in [0, 0.05) is 0 Å². The number of para-hydroxylation sites is 1. The largest absolute Gasteiger partial charge is 0.488 e. The van der Waals surface area contributed by atoms with Crippen molar-refractivity contribution in [2.24, 2.45) is 0 Å². The van der Waals surface area contributed by atoms with Crippen LogP contribution in [-0.4, -0.2) is 47.7 Å². The van der Waals surface area contributed by atoms with E-state index in [9.17, 15) is 14.7 Å². The van der Waals surface area contributed by atoms with Gasteiger partial charge < -0.3 is 15.2 Å². The van der Waals surface area contributed by atoms with Crippen molar-refractivity contribution in [3.05, 3.63) is 28.2 Å². The number of aliphatic hydroxyl groups is 1. The number of hydrogen-bond donors (Lipinski definition) is 2. The van der Waals surface area contributed by atoms with Crippen molar-refractivity contribution in [3.63, 3.8) is 0 Å². The molecule has 20 heavy (non-hydrogen) atoms. The van der Waals surface area contributed by atoms with E-state index in [2.05, 4.69) is 5.32 Å². The summed E-state index contributed by atoms with van der Waals surface area (Å²) < 4.78 is 5.33. The lowest BCUT2D eigenvalue weighted by atomic mass is 10.3. The average molecular weight is 319 g/mol. The van der Waals surface area contributed by atoms with Gasteiger partial charge in [-0.2, -0.15) is 0 Å². The number of carbonyl (C=O) groups excluding carboxylic acids is 2. The molecule has 1 saturated heterocycles. The number of imide groups is 1. The molecule has 0 bridgehead atoms. The van der Waals surface area contributed by atoms with E-state index in [-0.39, 0.29) is 31.4 Å². The summed E-state index contributed by atoms with van der Waals surface area (Å²) in [6, 6.07) is 4.35. The fraction of sp³-hybridized carbons (Fsp3) is 0.333. The Hall–Kier alpha value is -1.50. The number of hydrogen-bond acceptors (Lipinski definition) is 4. The molecule has 0 saturated carbocycles. The molecule has 0 spiro atoms. The summed E-state index contributed by atoms with van der Waals surface area (Å²) in [7, 11) is 0. The van der Waals surface area contributed by atoms with E-state index in [0.29, 0.717) is 10.0 Å². The minimum absolute atomic E-state index is 0.0528. The van der Waals surface area contributed by atoms with E-state index >= 15 is 0 Å². The minimum atomic E-state index is -1.03. The van der Waals surface area contributed by atoms with E-state index in [1.807, 2.05) is 0 Å². The normalized spacial score (nSPS) is 16.2. The van der Waals surface area contributed by atoms with Crippen LogP contribution < -0.4 is 10.1 Å². The molecule has 1 aliphatic rings. The van der Waals surface area contributed by atoms with Crippen molar-refractivity contribution < 1.29 is 19.4 Å². The van der Waals surface area contributed by atoms with Crippen molar-refractivity contribution >= 4 is 35.1 Å². The van der Waals surface area contributed by atoms with E-state index in [1.54, 1.807) is 18.2 Å². The second kappa shape index (κ2) is 6.30. The second-order valence-electron chi connectivity index (χ2n) is 4.18. The predicted octanol–water partition coefficient (Wildman–Crippen LogP) is 1.28. The standard InChI is InChI=1S/C12H12Cl2N2O4/c13-8-2-1-3-9(14)11(8)20-6-7(17)5-16-10(18)4-15-12(16)19/h1-3,7,17H,4-6H2,(H,15,19). The Labute approximate surface area is 125 Å². The summed E-state index contributed by atoms with van der Waals surface area (Å²) in [6.07, 6.45) is -1.03. The Bertz CT molecular complexity index is 502. The van der Waals surface area contributed by atoms with Gasteiger partial charge in [-0.05, 0) is 12.1 Å². The molecule has 8 heteroatoms. The first kappa shape index (κ1) is 14.9. The molecule has 1 heterocycles. The van der Waals surface area contributed by atoms with Gasteiger partial charge in [0.25, 0.3) is 0 Å². The molecule has 1 unspecified atom stereocenters. The van der Waals surface area contributed by atoms with Gasteiger partial charge in [0.15, 0.2) is 5.75 Å². The molecule has 1 atom stereocenters. The first-order valence-corrected chi connectivity index (χ1v) is 6.57. The van der Waals surface area contributed by atoms with Crippen molar-refractivity contribution in [1.82, 2.24) is 10.2 Å². The third kappa shape index (κ3) is 3.33. The molecule has 3 amide bonds. The molecule has 2 N–H and O–H groups in total. The van der Waals surface area contributed by atoms with E-state index in [1.165, 1.54) is 0 Å². The summed E-state index contributed by atoms with van der Waals surface area (Å²) in [5.74, 6) is -0.128. The molecule has 2 rings (SSSR count). The van der Waals surface area contributed by atoms with Crippen LogP contribution in [-0.2, 0) is 4.79 Å². The maximum absolute atomic E-state index is 11.4. The van der Waals surface area contributed by atoms with Gasteiger partial charge in [-0.1, -0.05) is 29.3 Å². The summed E-state index contributed by atoms with van der Waals surface area (Å²) >= 11 is 11.8. The lowest BCUT2D eigenvalue weighted by Crippen LogP contribution is -2.39. The minimum Gasteiger partial charge on any atom is -0.488 e. The highest BCUT2D eigenvalue weighted by Gasteiger charge is 2.30. The maximum atomic E-state index is 11.4. The third-order valence-corrected chi connectivity index (χ3v) is 3.26. The Morgan fingerprint density at radius 2 is 2.00 bits per heavy atom. The number of nitrogens with one attached hydrogen (secondary N) is 1. The van der Waals surface area contributed by atoms with Crippen LogP contribution >= 0.6 is 23.2 Å². The van der Waals surface area contributed by atoms with Gasteiger partial charge >= 0.3 is 6.03 Å². The van der Waals surface area contributed by atoms with Crippen LogP contribution in [0.3, 0.4) is 0 Å². The zero-order chi connectivity index (χ0) is 14.7. The SMILES string of the molecule is O=C1CNC(=O)N1CC(O)COc1c(Cl)cccc1Cl. The van der Waals surface area contributed by atoms with Gasteiger partial charge in [-0.15, -0.1) is 0 Å². The molecule has 6 nitrogen and oxygen atoms in total. The second-order valence-corrected chi connectivity index (χ2v) is 4.99. The fourth-order valence-corrected chi connectivity index (χ4v) is 2.21. The number of amides is 3.